The van der Waals surface area contributed by atoms with Gasteiger partial charge in [-0.15, -0.1) is 0 Å². The topological polar surface area (TPSA) is 85.1 Å². The number of benzene rings is 2. The summed E-state index contributed by atoms with van der Waals surface area (Å²) < 4.78 is 0. The molecule has 0 aliphatic heterocycles. The van der Waals surface area contributed by atoms with Crippen molar-refractivity contribution in [2.24, 2.45) is 11.8 Å². The zero-order chi connectivity index (χ0) is 24.8. The van der Waals surface area contributed by atoms with Gasteiger partial charge < -0.3 is 11.1 Å². The van der Waals surface area contributed by atoms with Gasteiger partial charge in [0.1, 0.15) is 5.82 Å². The molecule has 182 valence electrons. The number of amides is 1. The van der Waals surface area contributed by atoms with Crippen LogP contribution in [0.5, 0.6) is 0 Å². The number of hydrogen-bond donors (Lipinski definition) is 2. The first-order chi connectivity index (χ1) is 16.9. The molecule has 0 unspecified atom stereocenters. The number of hydrogen-bond acceptors (Lipinski definition) is 4. The summed E-state index contributed by atoms with van der Waals surface area (Å²) in [5, 5.41) is 2.97. The van der Waals surface area contributed by atoms with Crippen molar-refractivity contribution in [2.75, 3.05) is 5.73 Å². The Morgan fingerprint density at radius 3 is 2.43 bits per heavy atom. The van der Waals surface area contributed by atoms with Crippen molar-refractivity contribution in [3.05, 3.63) is 83.6 Å². The van der Waals surface area contributed by atoms with Gasteiger partial charge in [-0.1, -0.05) is 60.7 Å². The van der Waals surface area contributed by atoms with E-state index in [0.717, 1.165) is 36.9 Å². The van der Waals surface area contributed by atoms with Crippen LogP contribution in [0.1, 0.15) is 49.4 Å². The average molecular weight is 470 g/mol. The van der Waals surface area contributed by atoms with Crippen LogP contribution in [0.4, 0.5) is 5.82 Å². The zero-order valence-corrected chi connectivity index (χ0v) is 20.7. The maximum atomic E-state index is 12.8. The van der Waals surface area contributed by atoms with Crippen molar-refractivity contribution in [2.45, 2.75) is 58.4 Å². The summed E-state index contributed by atoms with van der Waals surface area (Å²) in [7, 11) is 0. The number of carbonyl (C=O) groups is 2. The van der Waals surface area contributed by atoms with Gasteiger partial charge in [-0.05, 0) is 80.2 Å². The number of rotatable bonds is 9. The number of anilines is 1. The molecule has 3 N–H and O–H groups in total. The van der Waals surface area contributed by atoms with Crippen LogP contribution < -0.4 is 11.1 Å². The fourth-order valence-corrected chi connectivity index (χ4v) is 5.06. The van der Waals surface area contributed by atoms with E-state index in [0.29, 0.717) is 24.6 Å². The number of aromatic nitrogens is 1. The van der Waals surface area contributed by atoms with Crippen LogP contribution in [0.25, 0.3) is 11.1 Å². The van der Waals surface area contributed by atoms with E-state index < -0.39 is 6.04 Å². The van der Waals surface area contributed by atoms with E-state index in [4.69, 9.17) is 5.73 Å². The summed E-state index contributed by atoms with van der Waals surface area (Å²) in [6.45, 7) is 3.69. The number of pyridine rings is 1. The highest BCUT2D eigenvalue weighted by Gasteiger charge is 2.31. The lowest BCUT2D eigenvalue weighted by Gasteiger charge is -2.17. The van der Waals surface area contributed by atoms with Crippen molar-refractivity contribution in [1.29, 1.82) is 0 Å². The zero-order valence-electron chi connectivity index (χ0n) is 20.7. The molecule has 2 aromatic carbocycles. The summed E-state index contributed by atoms with van der Waals surface area (Å²) in [6.07, 6.45) is 4.78. The summed E-state index contributed by atoms with van der Waals surface area (Å²) in [6, 6.07) is 22.3. The van der Waals surface area contributed by atoms with Gasteiger partial charge in [-0.3, -0.25) is 9.59 Å². The monoisotopic (exact) mass is 469 g/mol. The molecule has 4 rings (SSSR count). The van der Waals surface area contributed by atoms with E-state index in [1.807, 2.05) is 19.1 Å². The SMILES string of the molecule is Cc1nc(N)ccc1CCC(=O)[C@@H](C)NC(=O)[C@@H]1CC[C@@H](Cc2ccc(-c3ccccc3)cc2)C1. The van der Waals surface area contributed by atoms with Gasteiger partial charge in [0.05, 0.1) is 6.04 Å². The molecule has 1 amide bonds. The molecule has 1 fully saturated rings. The maximum absolute atomic E-state index is 12.8. The summed E-state index contributed by atoms with van der Waals surface area (Å²) in [4.78, 5) is 29.7. The molecule has 0 saturated heterocycles. The number of carbonyl (C=O) groups excluding carboxylic acids is 2. The molecular weight excluding hydrogens is 434 g/mol. The van der Waals surface area contributed by atoms with E-state index in [-0.39, 0.29) is 17.6 Å². The Kier molecular flexibility index (Phi) is 7.96. The molecule has 0 radical (unpaired) electrons. The normalized spacial score (nSPS) is 18.2. The first-order valence-electron chi connectivity index (χ1n) is 12.6. The van der Waals surface area contributed by atoms with Gasteiger partial charge in [0, 0.05) is 18.0 Å². The summed E-state index contributed by atoms with van der Waals surface area (Å²) >= 11 is 0. The molecule has 5 nitrogen and oxygen atoms in total. The Morgan fingerprint density at radius 2 is 1.71 bits per heavy atom. The average Bonchev–Trinajstić information content (AvgIpc) is 3.33. The van der Waals surface area contributed by atoms with Crippen LogP contribution in [0, 0.1) is 18.8 Å². The molecule has 3 aromatic rings. The minimum atomic E-state index is -0.478. The highest BCUT2D eigenvalue weighted by atomic mass is 16.2. The Morgan fingerprint density at radius 1 is 1.00 bits per heavy atom. The predicted molar refractivity (Wildman–Crippen MR) is 141 cm³/mol. The lowest BCUT2D eigenvalue weighted by Crippen LogP contribution is -2.41. The molecule has 1 saturated carbocycles. The number of nitrogen functional groups attached to an aromatic ring is 1. The van der Waals surface area contributed by atoms with Gasteiger partial charge in [0.25, 0.3) is 0 Å². The van der Waals surface area contributed by atoms with Gasteiger partial charge in [0.15, 0.2) is 5.78 Å². The Bertz CT molecular complexity index is 1160. The minimum Gasteiger partial charge on any atom is -0.384 e. The molecule has 1 aromatic heterocycles. The van der Waals surface area contributed by atoms with Crippen molar-refractivity contribution < 1.29 is 9.59 Å². The van der Waals surface area contributed by atoms with E-state index >= 15 is 0 Å². The number of nitrogens with zero attached hydrogens (tertiary/aromatic N) is 1. The van der Waals surface area contributed by atoms with E-state index in [1.54, 1.807) is 13.0 Å². The number of ketones is 1. The number of Topliss-reactive ketones (excluding diaryl/α,β-unsaturated/α-hetero) is 1. The molecule has 35 heavy (non-hydrogen) atoms. The highest BCUT2D eigenvalue weighted by Crippen LogP contribution is 2.34. The van der Waals surface area contributed by atoms with Crippen molar-refractivity contribution in [1.82, 2.24) is 10.3 Å². The van der Waals surface area contributed by atoms with Crippen LogP contribution in [-0.4, -0.2) is 22.7 Å². The first-order valence-corrected chi connectivity index (χ1v) is 12.6. The molecule has 1 aliphatic rings. The number of nitrogens with one attached hydrogen (secondary N) is 1. The second kappa shape index (κ2) is 11.3. The smallest absolute Gasteiger partial charge is 0.223 e. The number of nitrogens with two attached hydrogens (primary N) is 1. The quantitative estimate of drug-likeness (QED) is 0.445. The third-order valence-corrected chi connectivity index (χ3v) is 7.20. The summed E-state index contributed by atoms with van der Waals surface area (Å²) in [5.74, 6) is 1.03. The van der Waals surface area contributed by atoms with Gasteiger partial charge in [-0.25, -0.2) is 4.98 Å². The first kappa shape index (κ1) is 24.6. The second-order valence-electron chi connectivity index (χ2n) is 9.82. The highest BCUT2D eigenvalue weighted by molar-refractivity contribution is 5.89. The van der Waals surface area contributed by atoms with Crippen LogP contribution in [0.2, 0.25) is 0 Å². The molecule has 1 heterocycles. The van der Waals surface area contributed by atoms with Gasteiger partial charge in [0.2, 0.25) is 5.91 Å². The van der Waals surface area contributed by atoms with Crippen molar-refractivity contribution in [3.63, 3.8) is 0 Å². The van der Waals surface area contributed by atoms with Gasteiger partial charge >= 0.3 is 0 Å². The molecule has 0 spiro atoms. The number of aryl methyl sites for hydroxylation is 2. The Hall–Kier alpha value is -3.47. The molecule has 1 aliphatic carbocycles. The third-order valence-electron chi connectivity index (χ3n) is 7.20. The van der Waals surface area contributed by atoms with Crippen LogP contribution in [0.15, 0.2) is 66.7 Å². The maximum Gasteiger partial charge on any atom is 0.223 e. The molecule has 3 atom stereocenters. The molecular formula is C30H35N3O2. The standard InChI is InChI=1S/C30H35N3O2/c1-20-24(15-17-29(31)32-20)14-16-28(34)21(2)33-30(35)27-13-10-23(19-27)18-22-8-11-26(12-9-22)25-6-4-3-5-7-25/h3-9,11-12,15,17,21,23,27H,10,13-14,16,18-19H2,1-2H3,(H2,31,32)(H,33,35)/t21-,23+,27-/m1/s1. The fourth-order valence-electron chi connectivity index (χ4n) is 5.06. The van der Waals surface area contributed by atoms with Crippen LogP contribution in [-0.2, 0) is 22.4 Å². The van der Waals surface area contributed by atoms with E-state index in [9.17, 15) is 9.59 Å². The summed E-state index contributed by atoms with van der Waals surface area (Å²) in [5.41, 5.74) is 11.3. The van der Waals surface area contributed by atoms with E-state index in [1.165, 1.54) is 16.7 Å². The minimum absolute atomic E-state index is 0.0117. The Labute approximate surface area is 208 Å². The molecule has 0 bridgehead atoms. The lowest BCUT2D eigenvalue weighted by atomic mass is 9.95. The fraction of sp³-hybridized carbons (Fsp3) is 0.367. The van der Waals surface area contributed by atoms with Crippen molar-refractivity contribution >= 4 is 17.5 Å². The molecule has 5 heteroatoms. The van der Waals surface area contributed by atoms with Crippen LogP contribution >= 0.6 is 0 Å². The predicted octanol–water partition coefficient (Wildman–Crippen LogP) is 5.30. The van der Waals surface area contributed by atoms with Crippen molar-refractivity contribution in [3.8, 4) is 11.1 Å². The van der Waals surface area contributed by atoms with Gasteiger partial charge in [-0.2, -0.15) is 0 Å². The largest absolute Gasteiger partial charge is 0.384 e. The lowest BCUT2D eigenvalue weighted by molar-refractivity contribution is -0.129. The Balaban J connectivity index is 1.23. The van der Waals surface area contributed by atoms with E-state index in [2.05, 4.69) is 58.8 Å². The van der Waals surface area contributed by atoms with Crippen LogP contribution in [0.3, 0.4) is 0 Å². The second-order valence-corrected chi connectivity index (χ2v) is 9.82. The third kappa shape index (κ3) is 6.56.